The summed E-state index contributed by atoms with van der Waals surface area (Å²) in [6.07, 6.45) is 0. The van der Waals surface area contributed by atoms with Crippen molar-refractivity contribution in [1.82, 2.24) is 14.8 Å². The summed E-state index contributed by atoms with van der Waals surface area (Å²) in [5, 5.41) is 6.97. The molecule has 0 spiro atoms. The van der Waals surface area contributed by atoms with Gasteiger partial charge in [-0.25, -0.2) is 9.67 Å². The van der Waals surface area contributed by atoms with Crippen molar-refractivity contribution in [3.05, 3.63) is 84.9 Å². The fourth-order valence-electron chi connectivity index (χ4n) is 3.37. The maximum atomic E-state index is 5.38. The van der Waals surface area contributed by atoms with Gasteiger partial charge in [0.25, 0.3) is 0 Å². The molecule has 0 fully saturated rings. The average molecular weight is 351 g/mol. The molecule has 0 amide bonds. The Morgan fingerprint density at radius 2 is 1.56 bits per heavy atom. The van der Waals surface area contributed by atoms with Crippen LogP contribution in [0.25, 0.3) is 38.9 Å². The van der Waals surface area contributed by atoms with Gasteiger partial charge in [-0.2, -0.15) is 5.10 Å². The van der Waals surface area contributed by atoms with Crippen LogP contribution < -0.4 is 4.74 Å². The number of benzene rings is 3. The first-order chi connectivity index (χ1) is 13.3. The zero-order chi connectivity index (χ0) is 18.2. The lowest BCUT2D eigenvalue weighted by Gasteiger charge is -2.05. The summed E-state index contributed by atoms with van der Waals surface area (Å²) < 4.78 is 7.29. The SMILES string of the molecule is COc1ccc2nc3c(cc2c1)c(-c1ccccc1)nn3-c1ccccc1. The van der Waals surface area contributed by atoms with Crippen molar-refractivity contribution in [3.8, 4) is 22.7 Å². The van der Waals surface area contributed by atoms with Crippen molar-refractivity contribution >= 4 is 21.9 Å². The summed E-state index contributed by atoms with van der Waals surface area (Å²) >= 11 is 0. The first-order valence-electron chi connectivity index (χ1n) is 8.82. The second-order valence-corrected chi connectivity index (χ2v) is 6.38. The molecule has 27 heavy (non-hydrogen) atoms. The van der Waals surface area contributed by atoms with Gasteiger partial charge >= 0.3 is 0 Å². The van der Waals surface area contributed by atoms with Crippen molar-refractivity contribution in [2.45, 2.75) is 0 Å². The average Bonchev–Trinajstić information content (AvgIpc) is 3.11. The third-order valence-corrected chi connectivity index (χ3v) is 4.71. The van der Waals surface area contributed by atoms with E-state index in [2.05, 4.69) is 18.2 Å². The van der Waals surface area contributed by atoms with Crippen LogP contribution in [-0.2, 0) is 0 Å². The van der Waals surface area contributed by atoms with E-state index in [9.17, 15) is 0 Å². The van der Waals surface area contributed by atoms with Crippen molar-refractivity contribution in [2.75, 3.05) is 7.11 Å². The number of para-hydroxylation sites is 1. The molecule has 0 saturated heterocycles. The van der Waals surface area contributed by atoms with Crippen molar-refractivity contribution < 1.29 is 4.74 Å². The predicted molar refractivity (Wildman–Crippen MR) is 108 cm³/mol. The van der Waals surface area contributed by atoms with Gasteiger partial charge in [0.2, 0.25) is 0 Å². The molecule has 2 aromatic heterocycles. The third kappa shape index (κ3) is 2.62. The number of aromatic nitrogens is 3. The van der Waals surface area contributed by atoms with Crippen molar-refractivity contribution in [2.24, 2.45) is 0 Å². The summed E-state index contributed by atoms with van der Waals surface area (Å²) in [5.41, 5.74) is 4.75. The Kier molecular flexibility index (Phi) is 3.61. The third-order valence-electron chi connectivity index (χ3n) is 4.71. The predicted octanol–water partition coefficient (Wildman–Crippen LogP) is 5.25. The Bertz CT molecular complexity index is 1240. The quantitative estimate of drug-likeness (QED) is 0.446. The molecule has 5 aromatic rings. The molecule has 0 saturated carbocycles. The summed E-state index contributed by atoms with van der Waals surface area (Å²) in [7, 11) is 1.68. The lowest BCUT2D eigenvalue weighted by atomic mass is 10.1. The largest absolute Gasteiger partial charge is 0.497 e. The maximum Gasteiger partial charge on any atom is 0.164 e. The van der Waals surface area contributed by atoms with Crippen molar-refractivity contribution in [3.63, 3.8) is 0 Å². The van der Waals surface area contributed by atoms with Crippen LogP contribution in [0.1, 0.15) is 0 Å². The molecule has 0 bridgehead atoms. The number of rotatable bonds is 3. The lowest BCUT2D eigenvalue weighted by molar-refractivity contribution is 0.415. The van der Waals surface area contributed by atoms with Crippen LogP contribution in [-0.4, -0.2) is 21.9 Å². The molecule has 0 aliphatic rings. The van der Waals surface area contributed by atoms with E-state index in [-0.39, 0.29) is 0 Å². The number of fused-ring (bicyclic) bond motifs is 2. The Morgan fingerprint density at radius 3 is 2.30 bits per heavy atom. The van der Waals surface area contributed by atoms with Gasteiger partial charge < -0.3 is 4.74 Å². The summed E-state index contributed by atoms with van der Waals surface area (Å²) in [6, 6.07) is 28.4. The van der Waals surface area contributed by atoms with E-state index in [0.717, 1.165) is 44.6 Å². The minimum atomic E-state index is 0.820. The summed E-state index contributed by atoms with van der Waals surface area (Å²) in [6.45, 7) is 0. The zero-order valence-corrected chi connectivity index (χ0v) is 14.8. The smallest absolute Gasteiger partial charge is 0.164 e. The Labute approximate surface area is 156 Å². The summed E-state index contributed by atoms with van der Waals surface area (Å²) in [4.78, 5) is 4.92. The Hall–Kier alpha value is -3.66. The molecule has 130 valence electrons. The fourth-order valence-corrected chi connectivity index (χ4v) is 3.37. The van der Waals surface area contributed by atoms with Gasteiger partial charge in [-0.05, 0) is 36.4 Å². The van der Waals surface area contributed by atoms with Gasteiger partial charge in [-0.3, -0.25) is 0 Å². The maximum absolute atomic E-state index is 5.38. The molecule has 0 aliphatic heterocycles. The molecule has 0 aliphatic carbocycles. The van der Waals surface area contributed by atoms with Crippen LogP contribution in [0.3, 0.4) is 0 Å². The molecule has 0 unspecified atom stereocenters. The molecule has 4 heteroatoms. The monoisotopic (exact) mass is 351 g/mol. The van der Waals surface area contributed by atoms with Gasteiger partial charge in [-0.15, -0.1) is 0 Å². The van der Waals surface area contributed by atoms with Crippen LogP contribution in [0.4, 0.5) is 0 Å². The Morgan fingerprint density at radius 1 is 0.815 bits per heavy atom. The van der Waals surface area contributed by atoms with Crippen LogP contribution in [0.5, 0.6) is 5.75 Å². The molecule has 0 atom stereocenters. The first-order valence-corrected chi connectivity index (χ1v) is 8.82. The standard InChI is InChI=1S/C23H17N3O/c1-27-19-12-13-21-17(14-19)15-20-22(16-8-4-2-5-9-16)25-26(23(20)24-21)18-10-6-3-7-11-18/h2-15H,1H3. The van der Waals surface area contributed by atoms with E-state index in [0.29, 0.717) is 0 Å². The highest BCUT2D eigenvalue weighted by Crippen LogP contribution is 2.32. The van der Waals surface area contributed by atoms with E-state index in [1.807, 2.05) is 71.4 Å². The number of hydrogen-bond donors (Lipinski definition) is 0. The zero-order valence-electron chi connectivity index (χ0n) is 14.8. The lowest BCUT2D eigenvalue weighted by Crippen LogP contribution is -1.97. The van der Waals surface area contributed by atoms with Crippen LogP contribution in [0, 0.1) is 0 Å². The van der Waals surface area contributed by atoms with E-state index < -0.39 is 0 Å². The second kappa shape index (κ2) is 6.25. The number of nitrogens with zero attached hydrogens (tertiary/aromatic N) is 3. The van der Waals surface area contributed by atoms with Gasteiger partial charge in [-0.1, -0.05) is 48.5 Å². The van der Waals surface area contributed by atoms with Crippen LogP contribution >= 0.6 is 0 Å². The number of pyridine rings is 1. The number of hydrogen-bond acceptors (Lipinski definition) is 3. The molecule has 3 aromatic carbocycles. The minimum Gasteiger partial charge on any atom is -0.497 e. The topological polar surface area (TPSA) is 39.9 Å². The number of methoxy groups -OCH3 is 1. The molecule has 0 N–H and O–H groups in total. The van der Waals surface area contributed by atoms with Gasteiger partial charge in [0.15, 0.2) is 5.65 Å². The highest BCUT2D eigenvalue weighted by Gasteiger charge is 2.16. The highest BCUT2D eigenvalue weighted by molar-refractivity contribution is 5.99. The van der Waals surface area contributed by atoms with E-state index in [1.54, 1.807) is 7.11 Å². The molecule has 4 nitrogen and oxygen atoms in total. The Balaban J connectivity index is 1.86. The molecular formula is C23H17N3O. The van der Waals surface area contributed by atoms with Gasteiger partial charge in [0.05, 0.1) is 18.3 Å². The molecular weight excluding hydrogens is 334 g/mol. The first kappa shape index (κ1) is 15.6. The van der Waals surface area contributed by atoms with E-state index in [1.165, 1.54) is 0 Å². The van der Waals surface area contributed by atoms with Gasteiger partial charge in [0, 0.05) is 16.3 Å². The van der Waals surface area contributed by atoms with E-state index >= 15 is 0 Å². The van der Waals surface area contributed by atoms with Crippen molar-refractivity contribution in [1.29, 1.82) is 0 Å². The molecule has 5 rings (SSSR count). The molecule has 2 heterocycles. The van der Waals surface area contributed by atoms with E-state index in [4.69, 9.17) is 14.8 Å². The normalized spacial score (nSPS) is 11.1. The van der Waals surface area contributed by atoms with Gasteiger partial charge in [0.1, 0.15) is 11.4 Å². The van der Waals surface area contributed by atoms with Crippen LogP contribution in [0.2, 0.25) is 0 Å². The highest BCUT2D eigenvalue weighted by atomic mass is 16.5. The summed E-state index contributed by atoms with van der Waals surface area (Å²) in [5.74, 6) is 0.820. The molecule has 0 radical (unpaired) electrons. The fraction of sp³-hybridized carbons (Fsp3) is 0.0435. The van der Waals surface area contributed by atoms with Crippen LogP contribution in [0.15, 0.2) is 84.9 Å². The number of ether oxygens (including phenoxy) is 1. The second-order valence-electron chi connectivity index (χ2n) is 6.38. The minimum absolute atomic E-state index is 0.820.